The number of fused-ring (bicyclic) bond motifs is 1. The Bertz CT molecular complexity index is 690. The normalized spacial score (nSPS) is 10.9. The summed E-state index contributed by atoms with van der Waals surface area (Å²) in [5, 5.41) is 12.0. The summed E-state index contributed by atoms with van der Waals surface area (Å²) in [7, 11) is 0. The van der Waals surface area contributed by atoms with Gasteiger partial charge in [0.2, 0.25) is 0 Å². The van der Waals surface area contributed by atoms with Crippen molar-refractivity contribution in [3.05, 3.63) is 28.2 Å². The van der Waals surface area contributed by atoms with E-state index in [4.69, 9.17) is 10.4 Å². The molecule has 0 unspecified atom stereocenters. The fraction of sp³-hybridized carbons (Fsp3) is 0.182. The number of thiazole rings is 1. The van der Waals surface area contributed by atoms with Gasteiger partial charge in [0.15, 0.2) is 11.0 Å². The molecule has 18 heavy (non-hydrogen) atoms. The molecule has 0 aliphatic rings. The van der Waals surface area contributed by atoms with Gasteiger partial charge in [0.1, 0.15) is 0 Å². The van der Waals surface area contributed by atoms with Gasteiger partial charge in [-0.15, -0.1) is 11.3 Å². The van der Waals surface area contributed by atoms with Crippen LogP contribution in [0.5, 0.6) is 0 Å². The third-order valence-electron chi connectivity index (χ3n) is 2.57. The molecule has 7 heteroatoms. The number of hydrogen-bond donors (Lipinski definition) is 2. The monoisotopic (exact) mass is 261 g/mol. The highest BCUT2D eigenvalue weighted by atomic mass is 32.1. The van der Waals surface area contributed by atoms with Gasteiger partial charge in [0, 0.05) is 11.1 Å². The molecule has 0 fully saturated rings. The maximum absolute atomic E-state index is 5.78. The molecule has 0 bridgehead atoms. The number of rotatable bonds is 3. The third kappa shape index (κ3) is 1.88. The zero-order chi connectivity index (χ0) is 12.5. The second-order valence-electron chi connectivity index (χ2n) is 3.86. The summed E-state index contributed by atoms with van der Waals surface area (Å²) < 4.78 is 4.71. The molecule has 2 aromatic heterocycles. The lowest BCUT2D eigenvalue weighted by molar-refractivity contribution is 0.316. The van der Waals surface area contributed by atoms with Crippen molar-refractivity contribution in [1.29, 1.82) is 0 Å². The first-order chi connectivity index (χ1) is 8.74. The zero-order valence-corrected chi connectivity index (χ0v) is 10.5. The SMILES string of the molecule is Cc1ncc(CNc2ccc(N)c3nonc23)s1. The smallest absolute Gasteiger partial charge is 0.160 e. The average Bonchev–Trinajstić information content (AvgIpc) is 2.98. The molecule has 0 radical (unpaired) electrons. The number of aryl methyl sites for hydroxylation is 1. The van der Waals surface area contributed by atoms with E-state index >= 15 is 0 Å². The Kier molecular flexibility index (Phi) is 2.60. The minimum atomic E-state index is 0.561. The van der Waals surface area contributed by atoms with Crippen molar-refractivity contribution in [2.45, 2.75) is 13.5 Å². The Morgan fingerprint density at radius 3 is 2.94 bits per heavy atom. The predicted octanol–water partition coefficient (Wildman–Crippen LogP) is 2.18. The third-order valence-corrected chi connectivity index (χ3v) is 3.48. The Hall–Kier alpha value is -2.15. The second-order valence-corrected chi connectivity index (χ2v) is 5.18. The van der Waals surface area contributed by atoms with Crippen molar-refractivity contribution in [1.82, 2.24) is 15.3 Å². The predicted molar refractivity (Wildman–Crippen MR) is 70.4 cm³/mol. The van der Waals surface area contributed by atoms with E-state index in [2.05, 4.69) is 20.6 Å². The zero-order valence-electron chi connectivity index (χ0n) is 9.67. The number of nitrogen functional groups attached to an aromatic ring is 1. The quantitative estimate of drug-likeness (QED) is 0.702. The van der Waals surface area contributed by atoms with E-state index in [9.17, 15) is 0 Å². The minimum absolute atomic E-state index is 0.561. The standard InChI is InChI=1S/C11H11N5OS/c1-6-13-4-7(18-6)5-14-9-3-2-8(12)10-11(9)16-17-15-10/h2-4,14H,5,12H2,1H3. The summed E-state index contributed by atoms with van der Waals surface area (Å²) >= 11 is 1.66. The molecule has 0 aliphatic heterocycles. The number of benzene rings is 1. The van der Waals surface area contributed by atoms with Crippen molar-refractivity contribution < 1.29 is 4.63 Å². The first-order valence-electron chi connectivity index (χ1n) is 5.40. The van der Waals surface area contributed by atoms with Crippen LogP contribution in [0.4, 0.5) is 11.4 Å². The topological polar surface area (TPSA) is 89.9 Å². The average molecular weight is 261 g/mol. The van der Waals surface area contributed by atoms with E-state index < -0.39 is 0 Å². The van der Waals surface area contributed by atoms with Gasteiger partial charge in [-0.05, 0) is 29.4 Å². The van der Waals surface area contributed by atoms with E-state index in [0.717, 1.165) is 15.6 Å². The van der Waals surface area contributed by atoms with Crippen molar-refractivity contribution in [2.24, 2.45) is 0 Å². The molecular weight excluding hydrogens is 250 g/mol. The van der Waals surface area contributed by atoms with Gasteiger partial charge in [-0.1, -0.05) is 0 Å². The van der Waals surface area contributed by atoms with Gasteiger partial charge in [-0.3, -0.25) is 0 Å². The Morgan fingerprint density at radius 1 is 1.33 bits per heavy atom. The summed E-state index contributed by atoms with van der Waals surface area (Å²) in [6.45, 7) is 2.68. The van der Waals surface area contributed by atoms with Crippen LogP contribution in [-0.2, 0) is 6.54 Å². The fourth-order valence-electron chi connectivity index (χ4n) is 1.70. The van der Waals surface area contributed by atoms with Crippen LogP contribution in [0.3, 0.4) is 0 Å². The minimum Gasteiger partial charge on any atom is -0.397 e. The van der Waals surface area contributed by atoms with Gasteiger partial charge in [0.05, 0.1) is 22.9 Å². The Morgan fingerprint density at radius 2 is 2.17 bits per heavy atom. The lowest BCUT2D eigenvalue weighted by atomic mass is 10.2. The largest absolute Gasteiger partial charge is 0.397 e. The van der Waals surface area contributed by atoms with E-state index in [1.54, 1.807) is 17.4 Å². The summed E-state index contributed by atoms with van der Waals surface area (Å²) in [6.07, 6.45) is 1.86. The lowest BCUT2D eigenvalue weighted by Gasteiger charge is -2.04. The van der Waals surface area contributed by atoms with Gasteiger partial charge in [0.25, 0.3) is 0 Å². The first-order valence-corrected chi connectivity index (χ1v) is 6.21. The van der Waals surface area contributed by atoms with Crippen molar-refractivity contribution in [3.8, 4) is 0 Å². The molecule has 0 atom stereocenters. The van der Waals surface area contributed by atoms with E-state index in [1.807, 2.05) is 19.2 Å². The van der Waals surface area contributed by atoms with Crippen LogP contribution < -0.4 is 11.1 Å². The number of anilines is 2. The molecule has 0 spiro atoms. The molecule has 0 saturated carbocycles. The first kappa shape index (κ1) is 11.0. The molecule has 0 saturated heterocycles. The molecule has 3 N–H and O–H groups in total. The van der Waals surface area contributed by atoms with Crippen molar-refractivity contribution >= 4 is 33.7 Å². The second kappa shape index (κ2) is 4.26. The molecular formula is C11H11N5OS. The summed E-state index contributed by atoms with van der Waals surface area (Å²) in [5.41, 5.74) is 8.43. The molecule has 0 amide bonds. The molecule has 2 heterocycles. The highest BCUT2D eigenvalue weighted by Crippen LogP contribution is 2.25. The highest BCUT2D eigenvalue weighted by molar-refractivity contribution is 7.11. The number of aromatic nitrogens is 3. The fourth-order valence-corrected chi connectivity index (χ4v) is 2.43. The van der Waals surface area contributed by atoms with Gasteiger partial charge in [-0.25, -0.2) is 9.61 Å². The molecule has 1 aromatic carbocycles. The van der Waals surface area contributed by atoms with Crippen LogP contribution in [0.25, 0.3) is 11.0 Å². The maximum Gasteiger partial charge on any atom is 0.160 e. The summed E-state index contributed by atoms with van der Waals surface area (Å²) in [4.78, 5) is 5.37. The summed E-state index contributed by atoms with van der Waals surface area (Å²) in [5.74, 6) is 0. The van der Waals surface area contributed by atoms with E-state index in [1.165, 1.54) is 0 Å². The molecule has 92 valence electrons. The molecule has 0 aliphatic carbocycles. The lowest BCUT2D eigenvalue weighted by Crippen LogP contribution is -1.99. The highest BCUT2D eigenvalue weighted by Gasteiger charge is 2.09. The Balaban J connectivity index is 1.86. The van der Waals surface area contributed by atoms with Crippen LogP contribution >= 0.6 is 11.3 Å². The van der Waals surface area contributed by atoms with E-state index in [0.29, 0.717) is 23.3 Å². The molecule has 3 aromatic rings. The summed E-state index contributed by atoms with van der Waals surface area (Å²) in [6, 6.07) is 3.66. The number of hydrogen-bond acceptors (Lipinski definition) is 7. The Labute approximate surface area is 107 Å². The molecule has 3 rings (SSSR count). The number of nitrogens with one attached hydrogen (secondary N) is 1. The van der Waals surface area contributed by atoms with Crippen molar-refractivity contribution in [2.75, 3.05) is 11.1 Å². The van der Waals surface area contributed by atoms with Crippen molar-refractivity contribution in [3.63, 3.8) is 0 Å². The number of nitrogens with two attached hydrogens (primary N) is 1. The van der Waals surface area contributed by atoms with E-state index in [-0.39, 0.29) is 0 Å². The van der Waals surface area contributed by atoms with Crippen LogP contribution in [0.2, 0.25) is 0 Å². The maximum atomic E-state index is 5.78. The number of nitrogens with zero attached hydrogens (tertiary/aromatic N) is 3. The molecule has 6 nitrogen and oxygen atoms in total. The van der Waals surface area contributed by atoms with Gasteiger partial charge in [-0.2, -0.15) is 0 Å². The van der Waals surface area contributed by atoms with Gasteiger partial charge >= 0.3 is 0 Å². The van der Waals surface area contributed by atoms with Crippen LogP contribution in [0, 0.1) is 6.92 Å². The van der Waals surface area contributed by atoms with Crippen LogP contribution in [0.15, 0.2) is 23.0 Å². The van der Waals surface area contributed by atoms with Gasteiger partial charge < -0.3 is 11.1 Å². The van der Waals surface area contributed by atoms with Crippen LogP contribution in [0.1, 0.15) is 9.88 Å². The van der Waals surface area contributed by atoms with Crippen LogP contribution in [-0.4, -0.2) is 15.3 Å².